The van der Waals surface area contributed by atoms with E-state index in [-0.39, 0.29) is 30.8 Å². The van der Waals surface area contributed by atoms with Crippen molar-refractivity contribution < 1.29 is 19.1 Å². The highest BCUT2D eigenvalue weighted by Gasteiger charge is 2.37. The number of hydrogen-bond acceptors (Lipinski definition) is 4. The fourth-order valence-corrected chi connectivity index (χ4v) is 2.17. The maximum atomic E-state index is 11.9. The van der Waals surface area contributed by atoms with Crippen molar-refractivity contribution in [1.82, 2.24) is 10.2 Å². The molecular formula is C12H20N2O4. The molecule has 6 nitrogen and oxygen atoms in total. The normalized spacial score (nSPS) is 28.4. The van der Waals surface area contributed by atoms with E-state index in [0.717, 1.165) is 0 Å². The Balaban J connectivity index is 1.91. The molecule has 0 aliphatic carbocycles. The summed E-state index contributed by atoms with van der Waals surface area (Å²) in [6.07, 6.45) is 0.265. The molecule has 2 saturated heterocycles. The molecule has 2 atom stereocenters. The molecule has 18 heavy (non-hydrogen) atoms. The Kier molecular flexibility index (Phi) is 3.47. The van der Waals surface area contributed by atoms with Crippen molar-refractivity contribution in [3.8, 4) is 0 Å². The summed E-state index contributed by atoms with van der Waals surface area (Å²) in [6, 6.07) is 0.0185. The Labute approximate surface area is 107 Å². The number of nitrogens with zero attached hydrogens (tertiary/aromatic N) is 1. The second kappa shape index (κ2) is 4.76. The minimum atomic E-state index is -0.491. The number of ether oxygens (including phenoxy) is 2. The number of amides is 2. The third-order valence-corrected chi connectivity index (χ3v) is 2.99. The average molecular weight is 256 g/mol. The smallest absolute Gasteiger partial charge is 0.410 e. The second-order valence-corrected chi connectivity index (χ2v) is 5.74. The van der Waals surface area contributed by atoms with Gasteiger partial charge in [0.1, 0.15) is 12.2 Å². The predicted octanol–water partition coefficient (Wildman–Crippen LogP) is 0.511. The summed E-state index contributed by atoms with van der Waals surface area (Å²) in [5, 5.41) is 2.88. The van der Waals surface area contributed by atoms with Gasteiger partial charge in [-0.1, -0.05) is 0 Å². The third-order valence-electron chi connectivity index (χ3n) is 2.99. The first-order valence-electron chi connectivity index (χ1n) is 6.24. The van der Waals surface area contributed by atoms with Crippen molar-refractivity contribution in [3.63, 3.8) is 0 Å². The Morgan fingerprint density at radius 3 is 2.89 bits per heavy atom. The van der Waals surface area contributed by atoms with Gasteiger partial charge in [-0.3, -0.25) is 4.79 Å². The minimum Gasteiger partial charge on any atom is -0.444 e. The molecule has 2 amide bonds. The number of hydrogen-bond donors (Lipinski definition) is 1. The maximum absolute atomic E-state index is 11.9. The van der Waals surface area contributed by atoms with Gasteiger partial charge in [0.05, 0.1) is 18.7 Å². The van der Waals surface area contributed by atoms with E-state index in [4.69, 9.17) is 9.47 Å². The van der Waals surface area contributed by atoms with Gasteiger partial charge >= 0.3 is 6.09 Å². The van der Waals surface area contributed by atoms with E-state index in [9.17, 15) is 9.59 Å². The molecule has 0 unspecified atom stereocenters. The molecule has 2 rings (SSSR count). The standard InChI is InChI=1S/C12H20N2O4/c1-12(2,3)18-11(16)14-5-4-8-9(6-14)17-7-10(15)13-8/h8-9H,4-7H2,1-3H3,(H,13,15)/t8-,9-/m0/s1. The van der Waals surface area contributed by atoms with Crippen LogP contribution in [0.15, 0.2) is 0 Å². The molecule has 0 spiro atoms. The van der Waals surface area contributed by atoms with Crippen LogP contribution in [0, 0.1) is 0 Å². The summed E-state index contributed by atoms with van der Waals surface area (Å²) in [5.41, 5.74) is -0.491. The number of carbonyl (C=O) groups excluding carboxylic acids is 2. The summed E-state index contributed by atoms with van der Waals surface area (Å²) in [5.74, 6) is -0.0815. The topological polar surface area (TPSA) is 67.9 Å². The zero-order valence-electron chi connectivity index (χ0n) is 11.1. The van der Waals surface area contributed by atoms with Crippen LogP contribution in [0.25, 0.3) is 0 Å². The SMILES string of the molecule is CC(C)(C)OC(=O)N1CC[C@@H]2NC(=O)CO[C@H]2C1. The van der Waals surface area contributed by atoms with Crippen LogP contribution in [0.3, 0.4) is 0 Å². The highest BCUT2D eigenvalue weighted by molar-refractivity contribution is 5.78. The van der Waals surface area contributed by atoms with Crippen molar-refractivity contribution in [2.75, 3.05) is 19.7 Å². The van der Waals surface area contributed by atoms with Crippen LogP contribution in [0.1, 0.15) is 27.2 Å². The van der Waals surface area contributed by atoms with Crippen LogP contribution in [0.4, 0.5) is 4.79 Å². The largest absolute Gasteiger partial charge is 0.444 e. The first-order valence-corrected chi connectivity index (χ1v) is 6.24. The molecule has 2 heterocycles. The van der Waals surface area contributed by atoms with Crippen LogP contribution < -0.4 is 5.32 Å². The molecule has 2 fully saturated rings. The first-order chi connectivity index (χ1) is 8.35. The number of morpholine rings is 1. The van der Waals surface area contributed by atoms with Crippen LogP contribution >= 0.6 is 0 Å². The second-order valence-electron chi connectivity index (χ2n) is 5.74. The summed E-state index contributed by atoms with van der Waals surface area (Å²) in [4.78, 5) is 24.7. The molecule has 2 aliphatic heterocycles. The molecule has 0 radical (unpaired) electrons. The lowest BCUT2D eigenvalue weighted by Crippen LogP contribution is -2.60. The summed E-state index contributed by atoms with van der Waals surface area (Å²) < 4.78 is 10.8. The quantitative estimate of drug-likeness (QED) is 0.685. The minimum absolute atomic E-state index is 0.0185. The van der Waals surface area contributed by atoms with E-state index in [1.807, 2.05) is 20.8 Å². The van der Waals surface area contributed by atoms with Crippen molar-refractivity contribution in [3.05, 3.63) is 0 Å². The lowest BCUT2D eigenvalue weighted by Gasteiger charge is -2.41. The van der Waals surface area contributed by atoms with Crippen LogP contribution in [-0.4, -0.2) is 54.3 Å². The molecule has 0 bridgehead atoms. The average Bonchev–Trinajstić information content (AvgIpc) is 2.26. The molecule has 1 N–H and O–H groups in total. The van der Waals surface area contributed by atoms with E-state index >= 15 is 0 Å². The Hall–Kier alpha value is -1.30. The van der Waals surface area contributed by atoms with Gasteiger partial charge in [-0.25, -0.2) is 4.79 Å². The van der Waals surface area contributed by atoms with Crippen molar-refractivity contribution in [2.45, 2.75) is 44.9 Å². The summed E-state index contributed by atoms with van der Waals surface area (Å²) in [7, 11) is 0. The monoisotopic (exact) mass is 256 g/mol. The van der Waals surface area contributed by atoms with Crippen LogP contribution in [-0.2, 0) is 14.3 Å². The summed E-state index contributed by atoms with van der Waals surface area (Å²) in [6.45, 7) is 6.65. The Morgan fingerprint density at radius 2 is 2.22 bits per heavy atom. The Morgan fingerprint density at radius 1 is 1.50 bits per heavy atom. The molecule has 0 aromatic carbocycles. The lowest BCUT2D eigenvalue weighted by molar-refractivity contribution is -0.140. The molecular weight excluding hydrogens is 236 g/mol. The van der Waals surface area contributed by atoms with Crippen LogP contribution in [0.5, 0.6) is 0 Å². The number of nitrogens with one attached hydrogen (secondary N) is 1. The highest BCUT2D eigenvalue weighted by atomic mass is 16.6. The van der Waals surface area contributed by atoms with E-state index in [1.165, 1.54) is 0 Å². The van der Waals surface area contributed by atoms with E-state index < -0.39 is 5.60 Å². The zero-order chi connectivity index (χ0) is 13.3. The first kappa shape index (κ1) is 13.1. The van der Waals surface area contributed by atoms with Gasteiger partial charge in [0.25, 0.3) is 0 Å². The molecule has 6 heteroatoms. The number of fused-ring (bicyclic) bond motifs is 1. The number of piperidine rings is 1. The molecule has 102 valence electrons. The highest BCUT2D eigenvalue weighted by Crippen LogP contribution is 2.19. The number of likely N-dealkylation sites (tertiary alicyclic amines) is 1. The Bertz CT molecular complexity index is 350. The van der Waals surface area contributed by atoms with Crippen LogP contribution in [0.2, 0.25) is 0 Å². The van der Waals surface area contributed by atoms with Crippen molar-refractivity contribution >= 4 is 12.0 Å². The fourth-order valence-electron chi connectivity index (χ4n) is 2.17. The molecule has 0 aromatic heterocycles. The maximum Gasteiger partial charge on any atom is 0.410 e. The lowest BCUT2D eigenvalue weighted by atomic mass is 10.0. The predicted molar refractivity (Wildman–Crippen MR) is 64.1 cm³/mol. The van der Waals surface area contributed by atoms with Gasteiger partial charge in [-0.15, -0.1) is 0 Å². The van der Waals surface area contributed by atoms with E-state index in [0.29, 0.717) is 19.5 Å². The van der Waals surface area contributed by atoms with E-state index in [1.54, 1.807) is 4.90 Å². The van der Waals surface area contributed by atoms with Crippen molar-refractivity contribution in [2.24, 2.45) is 0 Å². The van der Waals surface area contributed by atoms with Gasteiger partial charge in [0.15, 0.2) is 0 Å². The van der Waals surface area contributed by atoms with Gasteiger partial charge in [0, 0.05) is 6.54 Å². The molecule has 2 aliphatic rings. The zero-order valence-corrected chi connectivity index (χ0v) is 11.1. The van der Waals surface area contributed by atoms with E-state index in [2.05, 4.69) is 5.32 Å². The van der Waals surface area contributed by atoms with Gasteiger partial charge in [-0.2, -0.15) is 0 Å². The fraction of sp³-hybridized carbons (Fsp3) is 0.833. The van der Waals surface area contributed by atoms with Gasteiger partial charge < -0.3 is 19.7 Å². The van der Waals surface area contributed by atoms with Gasteiger partial charge in [-0.05, 0) is 27.2 Å². The summed E-state index contributed by atoms with van der Waals surface area (Å²) >= 11 is 0. The van der Waals surface area contributed by atoms with Gasteiger partial charge in [0.2, 0.25) is 5.91 Å². The number of rotatable bonds is 0. The number of carbonyl (C=O) groups is 2. The molecule has 0 saturated carbocycles. The van der Waals surface area contributed by atoms with Crippen molar-refractivity contribution in [1.29, 1.82) is 0 Å². The third kappa shape index (κ3) is 3.13. The molecule has 0 aromatic rings.